The summed E-state index contributed by atoms with van der Waals surface area (Å²) in [7, 11) is 0. The van der Waals surface area contributed by atoms with Gasteiger partial charge in [0.2, 0.25) is 0 Å². The number of halogens is 2. The molecule has 3 N–H and O–H groups in total. The van der Waals surface area contributed by atoms with Crippen molar-refractivity contribution < 1.29 is 9.60 Å². The third-order valence-corrected chi connectivity index (χ3v) is 2.88. The smallest absolute Gasteiger partial charge is 0.153 e. The van der Waals surface area contributed by atoms with E-state index < -0.39 is 5.82 Å². The molecule has 0 aliphatic carbocycles. The van der Waals surface area contributed by atoms with Crippen LogP contribution >= 0.6 is 11.6 Å². The highest BCUT2D eigenvalue weighted by molar-refractivity contribution is 6.30. The van der Waals surface area contributed by atoms with Crippen molar-refractivity contribution in [1.29, 1.82) is 0 Å². The van der Waals surface area contributed by atoms with Crippen molar-refractivity contribution in [2.24, 2.45) is 10.9 Å². The second kappa shape index (κ2) is 6.56. The minimum absolute atomic E-state index is 0.0972. The van der Waals surface area contributed by atoms with Gasteiger partial charge in [0, 0.05) is 12.6 Å². The lowest BCUT2D eigenvalue weighted by molar-refractivity contribution is 0.238. The zero-order valence-corrected chi connectivity index (χ0v) is 11.2. The normalized spacial score (nSPS) is 12.4. The van der Waals surface area contributed by atoms with Gasteiger partial charge in [-0.25, -0.2) is 4.39 Å². The maximum Gasteiger partial charge on any atom is 0.153 e. The molecule has 0 aliphatic rings. The molecule has 0 aromatic heterocycles. The molecule has 100 valence electrons. The molecule has 0 fully saturated rings. The first-order chi connectivity index (χ1) is 8.43. The molecule has 0 radical (unpaired) electrons. The van der Waals surface area contributed by atoms with Crippen LogP contribution in [-0.2, 0) is 6.54 Å². The summed E-state index contributed by atoms with van der Waals surface area (Å²) in [6, 6.07) is 4.79. The Morgan fingerprint density at radius 2 is 2.22 bits per heavy atom. The van der Waals surface area contributed by atoms with E-state index in [-0.39, 0.29) is 16.9 Å². The molecule has 1 aromatic carbocycles. The van der Waals surface area contributed by atoms with Crippen LogP contribution in [0.15, 0.2) is 23.4 Å². The zero-order chi connectivity index (χ0) is 13.7. The summed E-state index contributed by atoms with van der Waals surface area (Å²) in [6.07, 6.45) is 0. The topological polar surface area (TPSA) is 61.8 Å². The molecule has 0 unspecified atom stereocenters. The van der Waals surface area contributed by atoms with E-state index in [0.29, 0.717) is 13.1 Å². The van der Waals surface area contributed by atoms with E-state index in [4.69, 9.17) is 22.5 Å². The first-order valence-electron chi connectivity index (χ1n) is 5.58. The second-order valence-electron chi connectivity index (χ2n) is 4.34. The predicted molar refractivity (Wildman–Crippen MR) is 70.4 cm³/mol. The number of amidine groups is 1. The Morgan fingerprint density at radius 1 is 1.56 bits per heavy atom. The van der Waals surface area contributed by atoms with Crippen molar-refractivity contribution in [1.82, 2.24) is 4.90 Å². The van der Waals surface area contributed by atoms with Crippen LogP contribution in [0.4, 0.5) is 4.39 Å². The Hall–Kier alpha value is -1.33. The van der Waals surface area contributed by atoms with Gasteiger partial charge in [-0.05, 0) is 31.5 Å². The molecule has 4 nitrogen and oxygen atoms in total. The standard InChI is InChI=1S/C12H17ClFN3O/c1-8(2)17(7-12(15)16-18)6-9-3-4-11(14)10(13)5-9/h3-5,8,18H,6-7H2,1-2H3,(H2,15,16). The number of rotatable bonds is 5. The lowest BCUT2D eigenvalue weighted by Gasteiger charge is -2.25. The number of oxime groups is 1. The van der Waals surface area contributed by atoms with Crippen molar-refractivity contribution in [3.05, 3.63) is 34.6 Å². The summed E-state index contributed by atoms with van der Waals surface area (Å²) in [6.45, 7) is 4.88. The molecule has 0 bridgehead atoms. The molecule has 0 saturated carbocycles. The van der Waals surface area contributed by atoms with Crippen LogP contribution in [0.1, 0.15) is 19.4 Å². The minimum Gasteiger partial charge on any atom is -0.409 e. The summed E-state index contributed by atoms with van der Waals surface area (Å²) in [5, 5.41) is 11.6. The van der Waals surface area contributed by atoms with Crippen LogP contribution in [0.2, 0.25) is 5.02 Å². The van der Waals surface area contributed by atoms with E-state index >= 15 is 0 Å². The van der Waals surface area contributed by atoms with Crippen molar-refractivity contribution in [3.8, 4) is 0 Å². The van der Waals surface area contributed by atoms with E-state index in [2.05, 4.69) is 5.16 Å². The fourth-order valence-corrected chi connectivity index (χ4v) is 1.74. The molecular formula is C12H17ClFN3O. The number of nitrogens with two attached hydrogens (primary N) is 1. The van der Waals surface area contributed by atoms with E-state index in [1.54, 1.807) is 12.1 Å². The summed E-state index contributed by atoms with van der Waals surface area (Å²) in [5.74, 6) is -0.301. The average molecular weight is 274 g/mol. The fraction of sp³-hybridized carbons (Fsp3) is 0.417. The van der Waals surface area contributed by atoms with Gasteiger partial charge in [-0.3, -0.25) is 4.90 Å². The third kappa shape index (κ3) is 4.16. The molecule has 0 amide bonds. The van der Waals surface area contributed by atoms with Crippen molar-refractivity contribution in [3.63, 3.8) is 0 Å². The molecule has 1 rings (SSSR count). The molecule has 0 heterocycles. The highest BCUT2D eigenvalue weighted by Gasteiger charge is 2.13. The van der Waals surface area contributed by atoms with Gasteiger partial charge >= 0.3 is 0 Å². The maximum absolute atomic E-state index is 13.0. The zero-order valence-electron chi connectivity index (χ0n) is 10.4. The monoisotopic (exact) mass is 273 g/mol. The molecule has 0 spiro atoms. The van der Waals surface area contributed by atoms with Crippen molar-refractivity contribution >= 4 is 17.4 Å². The van der Waals surface area contributed by atoms with Gasteiger partial charge in [-0.2, -0.15) is 0 Å². The Morgan fingerprint density at radius 3 is 2.72 bits per heavy atom. The van der Waals surface area contributed by atoms with Gasteiger partial charge in [-0.15, -0.1) is 0 Å². The van der Waals surface area contributed by atoms with Gasteiger partial charge in [-0.1, -0.05) is 22.8 Å². The summed E-state index contributed by atoms with van der Waals surface area (Å²) >= 11 is 5.73. The van der Waals surface area contributed by atoms with Crippen molar-refractivity contribution in [2.45, 2.75) is 26.4 Å². The van der Waals surface area contributed by atoms with Crippen LogP contribution in [0.25, 0.3) is 0 Å². The van der Waals surface area contributed by atoms with Gasteiger partial charge in [0.25, 0.3) is 0 Å². The molecule has 0 atom stereocenters. The van der Waals surface area contributed by atoms with Crippen LogP contribution < -0.4 is 5.73 Å². The Balaban J connectivity index is 2.80. The number of nitrogens with zero attached hydrogens (tertiary/aromatic N) is 2. The van der Waals surface area contributed by atoms with Crippen LogP contribution in [0.5, 0.6) is 0 Å². The Kier molecular flexibility index (Phi) is 5.37. The van der Waals surface area contributed by atoms with Crippen LogP contribution in [0, 0.1) is 5.82 Å². The van der Waals surface area contributed by atoms with Gasteiger partial charge in [0.1, 0.15) is 5.82 Å². The Labute approximate surface area is 111 Å². The average Bonchev–Trinajstić information content (AvgIpc) is 2.32. The van der Waals surface area contributed by atoms with E-state index in [0.717, 1.165) is 5.56 Å². The van der Waals surface area contributed by atoms with Crippen molar-refractivity contribution in [2.75, 3.05) is 6.54 Å². The fourth-order valence-electron chi connectivity index (χ4n) is 1.53. The van der Waals surface area contributed by atoms with Gasteiger partial charge < -0.3 is 10.9 Å². The van der Waals surface area contributed by atoms with Crippen LogP contribution in [-0.4, -0.2) is 28.5 Å². The first kappa shape index (κ1) is 14.7. The Bertz CT molecular complexity index is 437. The van der Waals surface area contributed by atoms with Crippen LogP contribution in [0.3, 0.4) is 0 Å². The van der Waals surface area contributed by atoms with E-state index in [9.17, 15) is 4.39 Å². The highest BCUT2D eigenvalue weighted by Crippen LogP contribution is 2.17. The number of benzene rings is 1. The van der Waals surface area contributed by atoms with E-state index in [1.165, 1.54) is 6.07 Å². The van der Waals surface area contributed by atoms with Gasteiger partial charge in [0.15, 0.2) is 5.84 Å². The summed E-state index contributed by atoms with van der Waals surface area (Å²) in [5.41, 5.74) is 6.37. The molecule has 0 saturated heterocycles. The van der Waals surface area contributed by atoms with Gasteiger partial charge in [0.05, 0.1) is 11.6 Å². The molecule has 18 heavy (non-hydrogen) atoms. The maximum atomic E-state index is 13.0. The molecule has 6 heteroatoms. The lowest BCUT2D eigenvalue weighted by atomic mass is 10.2. The molecular weight excluding hydrogens is 257 g/mol. The quantitative estimate of drug-likeness (QED) is 0.375. The second-order valence-corrected chi connectivity index (χ2v) is 4.75. The minimum atomic E-state index is -0.437. The number of hydrogen-bond donors (Lipinski definition) is 2. The SMILES string of the molecule is CC(C)N(C/C(N)=N/O)Cc1ccc(F)c(Cl)c1. The molecule has 1 aromatic rings. The van der Waals surface area contributed by atoms with E-state index in [1.807, 2.05) is 18.7 Å². The third-order valence-electron chi connectivity index (χ3n) is 2.59. The first-order valence-corrected chi connectivity index (χ1v) is 5.96. The summed E-state index contributed by atoms with van der Waals surface area (Å²) < 4.78 is 13.0. The highest BCUT2D eigenvalue weighted by atomic mass is 35.5. The lowest BCUT2D eigenvalue weighted by Crippen LogP contribution is -2.38. The predicted octanol–water partition coefficient (Wildman–Crippen LogP) is 2.44. The largest absolute Gasteiger partial charge is 0.409 e. The number of hydrogen-bond acceptors (Lipinski definition) is 3. The molecule has 0 aliphatic heterocycles. The summed E-state index contributed by atoms with van der Waals surface area (Å²) in [4.78, 5) is 1.98.